The number of benzene rings is 2. The number of carbonyl (C=O) groups excluding carboxylic acids is 1. The van der Waals surface area contributed by atoms with E-state index < -0.39 is 11.1 Å². The van der Waals surface area contributed by atoms with Crippen molar-refractivity contribution in [2.24, 2.45) is 0 Å². The molecule has 0 aliphatic rings. The number of nitrogens with one attached hydrogen (secondary N) is 1. The first-order chi connectivity index (χ1) is 13.0. The molecule has 0 aliphatic carbocycles. The number of amides is 1. The van der Waals surface area contributed by atoms with Crippen LogP contribution in [0.2, 0.25) is 5.02 Å². The SMILES string of the molecule is CN(CCOc1cccc(Cl)c1)C(=O)Cn1[nH]c(=O)c2ccccc2c1=O. The summed E-state index contributed by atoms with van der Waals surface area (Å²) in [4.78, 5) is 38.4. The summed E-state index contributed by atoms with van der Waals surface area (Å²) < 4.78 is 6.58. The average molecular weight is 388 g/mol. The van der Waals surface area contributed by atoms with E-state index >= 15 is 0 Å². The molecule has 7 nitrogen and oxygen atoms in total. The summed E-state index contributed by atoms with van der Waals surface area (Å²) in [6.45, 7) is 0.330. The van der Waals surface area contributed by atoms with E-state index in [0.717, 1.165) is 4.68 Å². The molecule has 1 aromatic heterocycles. The van der Waals surface area contributed by atoms with Crippen LogP contribution in [0.3, 0.4) is 0 Å². The number of rotatable bonds is 6. The lowest BCUT2D eigenvalue weighted by Gasteiger charge is -2.18. The number of aromatic amines is 1. The number of carbonyl (C=O) groups is 1. The quantitative estimate of drug-likeness (QED) is 0.700. The molecule has 3 rings (SSSR count). The number of hydrogen-bond acceptors (Lipinski definition) is 4. The van der Waals surface area contributed by atoms with E-state index in [1.54, 1.807) is 55.6 Å². The largest absolute Gasteiger partial charge is 0.492 e. The maximum Gasteiger partial charge on any atom is 0.273 e. The average Bonchev–Trinajstić information content (AvgIpc) is 2.66. The molecular weight excluding hydrogens is 370 g/mol. The molecule has 8 heteroatoms. The summed E-state index contributed by atoms with van der Waals surface area (Å²) >= 11 is 5.89. The van der Waals surface area contributed by atoms with Gasteiger partial charge in [0, 0.05) is 12.1 Å². The smallest absolute Gasteiger partial charge is 0.273 e. The molecular formula is C19H18ClN3O4. The molecule has 2 aromatic carbocycles. The summed E-state index contributed by atoms with van der Waals surface area (Å²) in [6, 6.07) is 13.5. The van der Waals surface area contributed by atoms with E-state index in [9.17, 15) is 14.4 Å². The Kier molecular flexibility index (Phi) is 5.61. The summed E-state index contributed by atoms with van der Waals surface area (Å²) in [7, 11) is 1.61. The van der Waals surface area contributed by atoms with Crippen LogP contribution in [0.4, 0.5) is 0 Å². The van der Waals surface area contributed by atoms with Gasteiger partial charge in [0.2, 0.25) is 5.91 Å². The molecule has 0 spiro atoms. The van der Waals surface area contributed by atoms with Crippen molar-refractivity contribution < 1.29 is 9.53 Å². The number of fused-ring (bicyclic) bond motifs is 1. The fourth-order valence-electron chi connectivity index (χ4n) is 2.60. The van der Waals surface area contributed by atoms with Crippen LogP contribution < -0.4 is 15.9 Å². The maximum absolute atomic E-state index is 12.5. The van der Waals surface area contributed by atoms with Gasteiger partial charge in [-0.1, -0.05) is 29.8 Å². The van der Waals surface area contributed by atoms with Crippen LogP contribution in [0.15, 0.2) is 58.1 Å². The van der Waals surface area contributed by atoms with Crippen molar-refractivity contribution in [3.05, 3.63) is 74.3 Å². The Labute approximate surface area is 159 Å². The highest BCUT2D eigenvalue weighted by Crippen LogP contribution is 2.16. The molecule has 1 N–H and O–H groups in total. The second kappa shape index (κ2) is 8.09. The van der Waals surface area contributed by atoms with Gasteiger partial charge in [-0.2, -0.15) is 0 Å². The van der Waals surface area contributed by atoms with Crippen LogP contribution in [0.1, 0.15) is 0 Å². The molecule has 27 heavy (non-hydrogen) atoms. The highest BCUT2D eigenvalue weighted by molar-refractivity contribution is 6.30. The minimum Gasteiger partial charge on any atom is -0.492 e. The number of halogens is 1. The minimum absolute atomic E-state index is 0.257. The first-order valence-electron chi connectivity index (χ1n) is 8.30. The fourth-order valence-corrected chi connectivity index (χ4v) is 2.78. The van der Waals surface area contributed by atoms with Crippen LogP contribution >= 0.6 is 11.6 Å². The third-order valence-corrected chi connectivity index (χ3v) is 4.33. The van der Waals surface area contributed by atoms with Gasteiger partial charge in [0.05, 0.1) is 17.3 Å². The van der Waals surface area contributed by atoms with Gasteiger partial charge in [-0.05, 0) is 30.3 Å². The van der Waals surface area contributed by atoms with Gasteiger partial charge in [-0.15, -0.1) is 0 Å². The zero-order valence-electron chi connectivity index (χ0n) is 14.6. The van der Waals surface area contributed by atoms with Crippen LogP contribution in [-0.2, 0) is 11.3 Å². The molecule has 140 valence electrons. The molecule has 3 aromatic rings. The number of aromatic nitrogens is 2. The van der Waals surface area contributed by atoms with Gasteiger partial charge < -0.3 is 9.64 Å². The van der Waals surface area contributed by atoms with Crippen LogP contribution in [0.25, 0.3) is 10.8 Å². The molecule has 0 saturated carbocycles. The van der Waals surface area contributed by atoms with Gasteiger partial charge in [-0.3, -0.25) is 19.5 Å². The molecule has 0 aliphatic heterocycles. The molecule has 0 radical (unpaired) electrons. The van der Waals surface area contributed by atoms with Crippen molar-refractivity contribution >= 4 is 28.3 Å². The molecule has 0 unspecified atom stereocenters. The third-order valence-electron chi connectivity index (χ3n) is 4.09. The van der Waals surface area contributed by atoms with Crippen molar-refractivity contribution in [2.75, 3.05) is 20.2 Å². The highest BCUT2D eigenvalue weighted by atomic mass is 35.5. The van der Waals surface area contributed by atoms with Gasteiger partial charge >= 0.3 is 0 Å². The molecule has 1 amide bonds. The lowest BCUT2D eigenvalue weighted by molar-refractivity contribution is -0.131. The van der Waals surface area contributed by atoms with Crippen LogP contribution in [-0.4, -0.2) is 40.8 Å². The van der Waals surface area contributed by atoms with E-state index in [1.165, 1.54) is 4.90 Å². The normalized spacial score (nSPS) is 10.7. The summed E-state index contributed by atoms with van der Waals surface area (Å²) in [5, 5.41) is 3.59. The number of H-pyrrole nitrogens is 1. The van der Waals surface area contributed by atoms with Crippen molar-refractivity contribution in [3.8, 4) is 5.75 Å². The van der Waals surface area contributed by atoms with E-state index in [-0.39, 0.29) is 24.4 Å². The van der Waals surface area contributed by atoms with Crippen LogP contribution in [0, 0.1) is 0 Å². The maximum atomic E-state index is 12.5. The first kappa shape index (κ1) is 18.7. The Morgan fingerprint density at radius 2 is 1.89 bits per heavy atom. The zero-order valence-corrected chi connectivity index (χ0v) is 15.4. The lowest BCUT2D eigenvalue weighted by atomic mass is 10.2. The van der Waals surface area contributed by atoms with Crippen molar-refractivity contribution in [1.82, 2.24) is 14.7 Å². The second-order valence-electron chi connectivity index (χ2n) is 6.00. The highest BCUT2D eigenvalue weighted by Gasteiger charge is 2.13. The van der Waals surface area contributed by atoms with Gasteiger partial charge in [0.1, 0.15) is 18.9 Å². The van der Waals surface area contributed by atoms with Crippen molar-refractivity contribution in [2.45, 2.75) is 6.54 Å². The topological polar surface area (TPSA) is 84.4 Å². The summed E-state index contributed by atoms with van der Waals surface area (Å²) in [5.74, 6) is 0.288. The Balaban J connectivity index is 1.64. The number of likely N-dealkylation sites (N-methyl/N-ethyl adjacent to an activating group) is 1. The van der Waals surface area contributed by atoms with E-state index in [0.29, 0.717) is 22.7 Å². The molecule has 0 atom stereocenters. The summed E-state index contributed by atoms with van der Waals surface area (Å²) in [6.07, 6.45) is 0. The lowest BCUT2D eigenvalue weighted by Crippen LogP contribution is -2.39. The third kappa shape index (κ3) is 4.38. The van der Waals surface area contributed by atoms with E-state index in [2.05, 4.69) is 5.10 Å². The Bertz CT molecular complexity index is 1090. The number of nitrogens with zero attached hydrogens (tertiary/aromatic N) is 2. The van der Waals surface area contributed by atoms with Gasteiger partial charge in [0.15, 0.2) is 0 Å². The van der Waals surface area contributed by atoms with E-state index in [4.69, 9.17) is 16.3 Å². The van der Waals surface area contributed by atoms with E-state index in [1.807, 2.05) is 0 Å². The Morgan fingerprint density at radius 1 is 1.15 bits per heavy atom. The van der Waals surface area contributed by atoms with Crippen molar-refractivity contribution in [3.63, 3.8) is 0 Å². The molecule has 0 fully saturated rings. The molecule has 0 bridgehead atoms. The fraction of sp³-hybridized carbons (Fsp3) is 0.211. The molecule has 1 heterocycles. The number of ether oxygens (including phenoxy) is 1. The Morgan fingerprint density at radius 3 is 2.63 bits per heavy atom. The molecule has 0 saturated heterocycles. The minimum atomic E-state index is -0.415. The van der Waals surface area contributed by atoms with Gasteiger partial charge in [-0.25, -0.2) is 4.68 Å². The standard InChI is InChI=1S/C19H18ClN3O4/c1-22(9-10-27-14-6-4-5-13(20)11-14)17(24)12-23-19(26)16-8-3-2-7-15(16)18(25)21-23/h2-8,11H,9-10,12H2,1H3,(H,21,25). The predicted molar refractivity (Wildman–Crippen MR) is 103 cm³/mol. The van der Waals surface area contributed by atoms with Crippen LogP contribution in [0.5, 0.6) is 5.75 Å². The first-order valence-corrected chi connectivity index (χ1v) is 8.67. The number of hydrogen-bond donors (Lipinski definition) is 1. The Hall–Kier alpha value is -3.06. The summed E-state index contributed by atoms with van der Waals surface area (Å²) in [5.41, 5.74) is -0.827. The zero-order chi connectivity index (χ0) is 19.4. The van der Waals surface area contributed by atoms with Gasteiger partial charge in [0.25, 0.3) is 11.1 Å². The monoisotopic (exact) mass is 387 g/mol. The predicted octanol–water partition coefficient (Wildman–Crippen LogP) is 1.88. The second-order valence-corrected chi connectivity index (χ2v) is 6.44. The van der Waals surface area contributed by atoms with Crippen molar-refractivity contribution in [1.29, 1.82) is 0 Å².